The molecule has 3 aromatic heterocycles. The fraction of sp³-hybridized carbons (Fsp3) is 0.391. The molecule has 0 amide bonds. The third-order valence-corrected chi connectivity index (χ3v) is 6.14. The Bertz CT molecular complexity index is 1100. The Morgan fingerprint density at radius 2 is 1.94 bits per heavy atom. The van der Waals surface area contributed by atoms with E-state index in [-0.39, 0.29) is 17.4 Å². The summed E-state index contributed by atoms with van der Waals surface area (Å²) >= 11 is 1.57. The van der Waals surface area contributed by atoms with Crippen LogP contribution in [0.25, 0.3) is 11.1 Å². The second-order valence-corrected chi connectivity index (χ2v) is 8.39. The van der Waals surface area contributed by atoms with Crippen LogP contribution in [0.1, 0.15) is 31.3 Å². The number of thioether (sulfide) groups is 1. The maximum Gasteiger partial charge on any atom is 0.250 e. The van der Waals surface area contributed by atoms with Crippen molar-refractivity contribution < 1.29 is 9.47 Å². The molecule has 0 fully saturated rings. The van der Waals surface area contributed by atoms with Crippen LogP contribution in [0.15, 0.2) is 46.5 Å². The van der Waals surface area contributed by atoms with Crippen LogP contribution in [0, 0.1) is 12.8 Å². The zero-order valence-corrected chi connectivity index (χ0v) is 19.6. The maximum atomic E-state index is 12.3. The van der Waals surface area contributed by atoms with Crippen molar-refractivity contribution in [2.75, 3.05) is 20.0 Å². The molecule has 0 bridgehead atoms. The minimum Gasteiger partial charge on any atom is -0.495 e. The van der Waals surface area contributed by atoms with Crippen molar-refractivity contribution in [2.45, 2.75) is 31.6 Å². The molecule has 0 aliphatic carbocycles. The molecular formula is C23H28N4O3S. The van der Waals surface area contributed by atoms with Gasteiger partial charge in [-0.1, -0.05) is 13.8 Å². The van der Waals surface area contributed by atoms with Gasteiger partial charge in [-0.3, -0.25) is 9.78 Å². The van der Waals surface area contributed by atoms with E-state index < -0.39 is 0 Å². The summed E-state index contributed by atoms with van der Waals surface area (Å²) in [6, 6.07) is 5.50. The fourth-order valence-electron chi connectivity index (χ4n) is 3.15. The lowest BCUT2D eigenvalue weighted by Crippen LogP contribution is -2.18. The Morgan fingerprint density at radius 1 is 1.16 bits per heavy atom. The molecule has 164 valence electrons. The van der Waals surface area contributed by atoms with Crippen molar-refractivity contribution in [3.8, 4) is 22.8 Å². The number of rotatable bonds is 8. The summed E-state index contributed by atoms with van der Waals surface area (Å²) in [5.41, 5.74) is 2.39. The van der Waals surface area contributed by atoms with E-state index in [1.807, 2.05) is 31.5 Å². The van der Waals surface area contributed by atoms with Gasteiger partial charge in [-0.25, -0.2) is 4.98 Å². The highest BCUT2D eigenvalue weighted by Gasteiger charge is 2.20. The van der Waals surface area contributed by atoms with Gasteiger partial charge in [0, 0.05) is 47.6 Å². The minimum absolute atomic E-state index is 0.0908. The van der Waals surface area contributed by atoms with E-state index in [9.17, 15) is 4.79 Å². The molecule has 0 radical (unpaired) electrons. The van der Waals surface area contributed by atoms with Gasteiger partial charge in [-0.15, -0.1) is 11.8 Å². The van der Waals surface area contributed by atoms with E-state index in [4.69, 9.17) is 9.47 Å². The molecule has 1 unspecified atom stereocenters. The highest BCUT2D eigenvalue weighted by atomic mass is 32.2. The van der Waals surface area contributed by atoms with E-state index >= 15 is 0 Å². The number of nitrogens with zero attached hydrogens (tertiary/aromatic N) is 4. The molecule has 3 heterocycles. The van der Waals surface area contributed by atoms with E-state index in [0.717, 1.165) is 27.5 Å². The molecular weight excluding hydrogens is 412 g/mol. The highest BCUT2D eigenvalue weighted by molar-refractivity contribution is 7.98. The first kappa shape index (κ1) is 22.8. The zero-order chi connectivity index (χ0) is 22.5. The molecule has 3 aromatic rings. The summed E-state index contributed by atoms with van der Waals surface area (Å²) in [5, 5.41) is 0. The van der Waals surface area contributed by atoms with Crippen molar-refractivity contribution in [3.63, 3.8) is 0 Å². The minimum atomic E-state index is -0.0908. The summed E-state index contributed by atoms with van der Waals surface area (Å²) in [7, 11) is 3.37. The van der Waals surface area contributed by atoms with Crippen LogP contribution >= 0.6 is 11.8 Å². The first-order valence-electron chi connectivity index (χ1n) is 10.1. The molecule has 2 atom stereocenters. The van der Waals surface area contributed by atoms with E-state index in [0.29, 0.717) is 18.3 Å². The van der Waals surface area contributed by atoms with Crippen molar-refractivity contribution in [1.82, 2.24) is 19.5 Å². The van der Waals surface area contributed by atoms with Crippen LogP contribution in [0.2, 0.25) is 0 Å². The first-order valence-corrected chi connectivity index (χ1v) is 11.3. The van der Waals surface area contributed by atoms with Crippen LogP contribution in [0.4, 0.5) is 0 Å². The number of hydrogen-bond donors (Lipinski definition) is 0. The number of methoxy groups -OCH3 is 1. The Morgan fingerprint density at radius 3 is 2.58 bits per heavy atom. The van der Waals surface area contributed by atoms with Gasteiger partial charge >= 0.3 is 0 Å². The second-order valence-electron chi connectivity index (χ2n) is 7.54. The van der Waals surface area contributed by atoms with Gasteiger partial charge in [0.25, 0.3) is 5.56 Å². The van der Waals surface area contributed by atoms with Gasteiger partial charge in [-0.05, 0) is 31.2 Å². The van der Waals surface area contributed by atoms with Crippen LogP contribution < -0.4 is 15.0 Å². The molecule has 8 heteroatoms. The molecule has 3 rings (SSSR count). The Hall–Kier alpha value is -2.87. The van der Waals surface area contributed by atoms with Crippen LogP contribution in [0.3, 0.4) is 0 Å². The van der Waals surface area contributed by atoms with Gasteiger partial charge in [0.15, 0.2) is 0 Å². The van der Waals surface area contributed by atoms with Crippen LogP contribution in [0.5, 0.6) is 11.6 Å². The number of hydrogen-bond acceptors (Lipinski definition) is 7. The van der Waals surface area contributed by atoms with Crippen molar-refractivity contribution >= 4 is 11.8 Å². The van der Waals surface area contributed by atoms with Crippen molar-refractivity contribution in [3.05, 3.63) is 58.7 Å². The Balaban J connectivity index is 1.84. The average Bonchev–Trinajstić information content (AvgIpc) is 2.78. The van der Waals surface area contributed by atoms with E-state index in [2.05, 4.69) is 28.8 Å². The molecule has 0 aromatic carbocycles. The SMILES string of the molecule is COc1ccc([C@@H](C)C(C)COc2nc(C)ncc2-c2cc(=O)n(C)cc2SC)nc1. The number of ether oxygens (including phenoxy) is 2. The third kappa shape index (κ3) is 5.25. The van der Waals surface area contributed by atoms with Gasteiger partial charge in [0.05, 0.1) is 25.5 Å². The summed E-state index contributed by atoms with van der Waals surface area (Å²) in [6.07, 6.45) is 7.26. The van der Waals surface area contributed by atoms with Crippen LogP contribution in [-0.2, 0) is 7.05 Å². The summed E-state index contributed by atoms with van der Waals surface area (Å²) in [6.45, 7) is 6.53. The lowest BCUT2D eigenvalue weighted by molar-refractivity contribution is 0.233. The lowest BCUT2D eigenvalue weighted by Gasteiger charge is -2.21. The van der Waals surface area contributed by atoms with Gasteiger partial charge in [0.1, 0.15) is 11.6 Å². The fourth-order valence-corrected chi connectivity index (χ4v) is 3.80. The number of pyridine rings is 2. The largest absolute Gasteiger partial charge is 0.495 e. The molecule has 0 spiro atoms. The van der Waals surface area contributed by atoms with Crippen molar-refractivity contribution in [1.29, 1.82) is 0 Å². The van der Waals surface area contributed by atoms with Crippen LogP contribution in [-0.4, -0.2) is 39.5 Å². The molecule has 0 saturated heterocycles. The van der Waals surface area contributed by atoms with Gasteiger partial charge in [0.2, 0.25) is 5.88 Å². The van der Waals surface area contributed by atoms with Gasteiger partial charge in [-0.2, -0.15) is 4.98 Å². The summed E-state index contributed by atoms with van der Waals surface area (Å²) in [4.78, 5) is 26.6. The lowest BCUT2D eigenvalue weighted by atomic mass is 9.93. The first-order chi connectivity index (χ1) is 14.8. The van der Waals surface area contributed by atoms with E-state index in [1.165, 1.54) is 0 Å². The quantitative estimate of drug-likeness (QED) is 0.488. The molecule has 0 aliphatic heterocycles. The smallest absolute Gasteiger partial charge is 0.250 e. The Kier molecular flexibility index (Phi) is 7.33. The topological polar surface area (TPSA) is 79.1 Å². The predicted octanol–water partition coefficient (Wildman–Crippen LogP) is 4.09. The highest BCUT2D eigenvalue weighted by Crippen LogP contribution is 2.34. The third-order valence-electron chi connectivity index (χ3n) is 5.37. The number of aromatic nitrogens is 4. The average molecular weight is 441 g/mol. The summed E-state index contributed by atoms with van der Waals surface area (Å²) in [5.74, 6) is 2.21. The standard InChI is InChI=1S/C23H28N4O3S/c1-14(15(2)20-8-7-17(29-5)10-25-20)13-30-23-19(11-24-16(3)26-23)18-9-22(28)27(4)12-21(18)31-6/h7-12,14-15H,13H2,1-6H3/t14?,15-/m0/s1. The molecule has 0 N–H and O–H groups in total. The van der Waals surface area contributed by atoms with Gasteiger partial charge < -0.3 is 14.0 Å². The monoisotopic (exact) mass is 440 g/mol. The predicted molar refractivity (Wildman–Crippen MR) is 123 cm³/mol. The molecule has 7 nitrogen and oxygen atoms in total. The Labute approximate surface area is 186 Å². The normalized spacial score (nSPS) is 13.0. The molecule has 0 aliphatic rings. The molecule has 31 heavy (non-hydrogen) atoms. The van der Waals surface area contributed by atoms with Crippen molar-refractivity contribution in [2.24, 2.45) is 13.0 Å². The molecule has 0 saturated carbocycles. The zero-order valence-electron chi connectivity index (χ0n) is 18.7. The second kappa shape index (κ2) is 9.96. The van der Waals surface area contributed by atoms with E-state index in [1.54, 1.807) is 48.9 Å². The number of aryl methyl sites for hydroxylation is 2. The summed E-state index contributed by atoms with van der Waals surface area (Å²) < 4.78 is 12.9. The maximum absolute atomic E-state index is 12.3.